The Bertz CT molecular complexity index is 341. The Morgan fingerprint density at radius 2 is 1.62 bits per heavy atom. The van der Waals surface area contributed by atoms with Crippen molar-refractivity contribution in [2.75, 3.05) is 13.2 Å². The number of unbranched alkanes of at least 4 members (excludes halogenated alkanes) is 2. The first-order valence-corrected chi connectivity index (χ1v) is 8.94. The summed E-state index contributed by atoms with van der Waals surface area (Å²) >= 11 is 0. The molecule has 3 nitrogen and oxygen atoms in total. The predicted molar refractivity (Wildman–Crippen MR) is 83.8 cm³/mol. The van der Waals surface area contributed by atoms with Crippen molar-refractivity contribution in [3.8, 4) is 0 Å². The lowest BCUT2D eigenvalue weighted by atomic mass is 9.78. The summed E-state index contributed by atoms with van der Waals surface area (Å²) in [5.41, 5.74) is 0. The zero-order valence-electron chi connectivity index (χ0n) is 13.6. The number of rotatable bonds is 8. The standard InChI is InChI=1S/C18H32O3/c1-3-5-7-14-15(8-6-4-2)18(21)17-13(11-20)9-12(10-19)16(14)17/h12-17,19-20H,3-11H2,1-2H3/t12-,13+,14-,15-,16+,17+/m0/s1. The van der Waals surface area contributed by atoms with Gasteiger partial charge in [0.2, 0.25) is 0 Å². The van der Waals surface area contributed by atoms with E-state index in [1.54, 1.807) is 0 Å². The van der Waals surface area contributed by atoms with Crippen molar-refractivity contribution in [2.45, 2.75) is 58.8 Å². The molecule has 122 valence electrons. The summed E-state index contributed by atoms with van der Waals surface area (Å²) in [6, 6.07) is 0. The van der Waals surface area contributed by atoms with Crippen LogP contribution in [0, 0.1) is 35.5 Å². The molecule has 2 fully saturated rings. The smallest absolute Gasteiger partial charge is 0.139 e. The quantitative estimate of drug-likeness (QED) is 0.724. The lowest BCUT2D eigenvalue weighted by molar-refractivity contribution is -0.126. The summed E-state index contributed by atoms with van der Waals surface area (Å²) in [6.07, 6.45) is 7.54. The minimum absolute atomic E-state index is 0.0239. The van der Waals surface area contributed by atoms with Gasteiger partial charge in [-0.3, -0.25) is 4.79 Å². The first kappa shape index (κ1) is 17.0. The first-order chi connectivity index (χ1) is 10.2. The van der Waals surface area contributed by atoms with Crippen molar-refractivity contribution in [1.29, 1.82) is 0 Å². The number of hydrogen-bond acceptors (Lipinski definition) is 3. The van der Waals surface area contributed by atoms with Crippen molar-refractivity contribution in [3.05, 3.63) is 0 Å². The normalized spacial score (nSPS) is 39.0. The molecule has 0 aromatic carbocycles. The number of ketones is 1. The average molecular weight is 296 g/mol. The number of hydrogen-bond donors (Lipinski definition) is 2. The third-order valence-corrected chi connectivity index (χ3v) is 6.01. The van der Waals surface area contributed by atoms with E-state index < -0.39 is 0 Å². The van der Waals surface area contributed by atoms with Crippen LogP contribution in [0.2, 0.25) is 0 Å². The lowest BCUT2D eigenvalue weighted by Gasteiger charge is -2.27. The molecule has 0 bridgehead atoms. The van der Waals surface area contributed by atoms with E-state index in [0.717, 1.165) is 38.5 Å². The van der Waals surface area contributed by atoms with Gasteiger partial charge in [-0.15, -0.1) is 0 Å². The van der Waals surface area contributed by atoms with Gasteiger partial charge in [-0.1, -0.05) is 39.5 Å². The largest absolute Gasteiger partial charge is 0.396 e. The summed E-state index contributed by atoms with van der Waals surface area (Å²) < 4.78 is 0. The van der Waals surface area contributed by atoms with Crippen molar-refractivity contribution < 1.29 is 15.0 Å². The molecule has 2 aliphatic rings. The fraction of sp³-hybridized carbons (Fsp3) is 0.944. The van der Waals surface area contributed by atoms with Crippen molar-refractivity contribution in [2.24, 2.45) is 35.5 Å². The molecule has 0 saturated heterocycles. The molecule has 2 N–H and O–H groups in total. The van der Waals surface area contributed by atoms with E-state index in [1.165, 1.54) is 6.42 Å². The summed E-state index contributed by atoms with van der Waals surface area (Å²) in [6.45, 7) is 4.65. The third-order valence-electron chi connectivity index (χ3n) is 6.01. The van der Waals surface area contributed by atoms with E-state index in [-0.39, 0.29) is 36.9 Å². The molecule has 3 heteroatoms. The molecule has 6 atom stereocenters. The molecule has 0 aromatic heterocycles. The van der Waals surface area contributed by atoms with E-state index in [1.807, 2.05) is 0 Å². The summed E-state index contributed by atoms with van der Waals surface area (Å²) in [5, 5.41) is 19.4. The maximum absolute atomic E-state index is 12.9. The van der Waals surface area contributed by atoms with Gasteiger partial charge in [0, 0.05) is 25.0 Å². The molecule has 0 spiro atoms. The summed E-state index contributed by atoms with van der Waals surface area (Å²) in [5.74, 6) is 1.71. The van der Waals surface area contributed by atoms with E-state index in [2.05, 4.69) is 13.8 Å². The molecule has 0 unspecified atom stereocenters. The molecule has 0 aliphatic heterocycles. The SMILES string of the molecule is CCCC[C@@H]1[C@H]2[C@H](CO)C[C@H](CO)[C@H]2C(=O)[C@H]1CCCC. The van der Waals surface area contributed by atoms with Gasteiger partial charge in [-0.25, -0.2) is 0 Å². The number of aliphatic hydroxyl groups is 2. The van der Waals surface area contributed by atoms with Gasteiger partial charge in [0.25, 0.3) is 0 Å². The molecular formula is C18H32O3. The van der Waals surface area contributed by atoms with Crippen molar-refractivity contribution >= 4 is 5.78 Å². The maximum Gasteiger partial charge on any atom is 0.139 e. The van der Waals surface area contributed by atoms with E-state index in [9.17, 15) is 15.0 Å². The molecule has 2 aliphatic carbocycles. The van der Waals surface area contributed by atoms with Crippen LogP contribution in [0.3, 0.4) is 0 Å². The Kier molecular flexibility index (Phi) is 6.24. The number of carbonyl (C=O) groups is 1. The maximum atomic E-state index is 12.9. The van der Waals surface area contributed by atoms with Crippen LogP contribution in [0.1, 0.15) is 58.8 Å². The van der Waals surface area contributed by atoms with Crippen LogP contribution in [-0.2, 0) is 4.79 Å². The van der Waals surface area contributed by atoms with Crippen LogP contribution >= 0.6 is 0 Å². The highest BCUT2D eigenvalue weighted by molar-refractivity contribution is 5.87. The van der Waals surface area contributed by atoms with Crippen molar-refractivity contribution in [3.63, 3.8) is 0 Å². The zero-order valence-corrected chi connectivity index (χ0v) is 13.6. The molecule has 21 heavy (non-hydrogen) atoms. The molecule has 0 radical (unpaired) electrons. The van der Waals surface area contributed by atoms with E-state index in [4.69, 9.17) is 0 Å². The average Bonchev–Trinajstić information content (AvgIpc) is 2.99. The Balaban J connectivity index is 2.21. The molecular weight excluding hydrogens is 264 g/mol. The van der Waals surface area contributed by atoms with Crippen LogP contribution in [0.25, 0.3) is 0 Å². The van der Waals surface area contributed by atoms with Crippen LogP contribution < -0.4 is 0 Å². The summed E-state index contributed by atoms with van der Waals surface area (Å²) in [4.78, 5) is 12.9. The van der Waals surface area contributed by atoms with Gasteiger partial charge in [0.05, 0.1) is 0 Å². The molecule has 0 aromatic rings. The van der Waals surface area contributed by atoms with Crippen LogP contribution in [-0.4, -0.2) is 29.2 Å². The van der Waals surface area contributed by atoms with Gasteiger partial charge < -0.3 is 10.2 Å². The van der Waals surface area contributed by atoms with Crippen molar-refractivity contribution in [1.82, 2.24) is 0 Å². The molecule has 0 heterocycles. The van der Waals surface area contributed by atoms with Crippen LogP contribution in [0.4, 0.5) is 0 Å². The van der Waals surface area contributed by atoms with E-state index in [0.29, 0.717) is 17.6 Å². The van der Waals surface area contributed by atoms with Gasteiger partial charge in [0.15, 0.2) is 0 Å². The molecule has 2 rings (SSSR count). The minimum Gasteiger partial charge on any atom is -0.396 e. The number of Topliss-reactive ketones (excluding diaryl/α,β-unsaturated/α-hetero) is 1. The highest BCUT2D eigenvalue weighted by Gasteiger charge is 2.57. The monoisotopic (exact) mass is 296 g/mol. The van der Waals surface area contributed by atoms with Gasteiger partial charge >= 0.3 is 0 Å². The Labute approximate surface area is 129 Å². The Morgan fingerprint density at radius 1 is 1.00 bits per heavy atom. The molecule has 2 saturated carbocycles. The summed E-state index contributed by atoms with van der Waals surface area (Å²) in [7, 11) is 0. The Morgan fingerprint density at radius 3 is 2.19 bits per heavy atom. The fourth-order valence-electron chi connectivity index (χ4n) is 5.06. The third kappa shape index (κ3) is 3.19. The zero-order chi connectivity index (χ0) is 15.4. The topological polar surface area (TPSA) is 57.5 Å². The number of aliphatic hydroxyl groups excluding tert-OH is 2. The molecule has 0 amide bonds. The second-order valence-corrected chi connectivity index (χ2v) is 7.18. The minimum atomic E-state index is 0.0239. The number of fused-ring (bicyclic) bond motifs is 1. The van der Waals surface area contributed by atoms with Crippen LogP contribution in [0.15, 0.2) is 0 Å². The predicted octanol–water partition coefficient (Wildman–Crippen LogP) is 3.04. The van der Waals surface area contributed by atoms with Gasteiger partial charge in [-0.2, -0.15) is 0 Å². The van der Waals surface area contributed by atoms with Crippen LogP contribution in [0.5, 0.6) is 0 Å². The Hall–Kier alpha value is -0.410. The van der Waals surface area contributed by atoms with E-state index >= 15 is 0 Å². The van der Waals surface area contributed by atoms with Gasteiger partial charge in [-0.05, 0) is 42.9 Å². The van der Waals surface area contributed by atoms with Gasteiger partial charge in [0.1, 0.15) is 5.78 Å². The lowest BCUT2D eigenvalue weighted by Crippen LogP contribution is -2.24. The first-order valence-electron chi connectivity index (χ1n) is 8.94. The fourth-order valence-corrected chi connectivity index (χ4v) is 5.06. The number of carbonyl (C=O) groups excluding carboxylic acids is 1. The second kappa shape index (κ2) is 7.73. The highest BCUT2D eigenvalue weighted by atomic mass is 16.3. The second-order valence-electron chi connectivity index (χ2n) is 7.18. The highest BCUT2D eigenvalue weighted by Crippen LogP contribution is 2.56.